The maximum Gasteiger partial charge on any atom is 0.416 e. The van der Waals surface area contributed by atoms with Gasteiger partial charge in [0, 0.05) is 42.8 Å². The summed E-state index contributed by atoms with van der Waals surface area (Å²) >= 11 is 2.76. The molecule has 0 N–H and O–H groups in total. The fourth-order valence-electron chi connectivity index (χ4n) is 3.63. The van der Waals surface area contributed by atoms with E-state index in [2.05, 4.69) is 4.98 Å². The summed E-state index contributed by atoms with van der Waals surface area (Å²) < 4.78 is 39.7. The summed E-state index contributed by atoms with van der Waals surface area (Å²) in [5.74, 6) is 0.241. The maximum absolute atomic E-state index is 13.0. The molecule has 5 nitrogen and oxygen atoms in total. The Labute approximate surface area is 203 Å². The van der Waals surface area contributed by atoms with E-state index in [-0.39, 0.29) is 23.9 Å². The maximum atomic E-state index is 13.0. The van der Waals surface area contributed by atoms with E-state index in [1.807, 2.05) is 28.5 Å². The molecule has 10 heteroatoms. The molecule has 1 amide bonds. The van der Waals surface area contributed by atoms with Crippen molar-refractivity contribution in [2.75, 3.05) is 36.8 Å². The molecule has 0 spiro atoms. The van der Waals surface area contributed by atoms with Gasteiger partial charge in [-0.25, -0.2) is 4.98 Å². The van der Waals surface area contributed by atoms with E-state index in [1.54, 1.807) is 23.1 Å². The van der Waals surface area contributed by atoms with Crippen LogP contribution in [0.1, 0.15) is 21.6 Å². The van der Waals surface area contributed by atoms with Gasteiger partial charge in [0.1, 0.15) is 0 Å². The van der Waals surface area contributed by atoms with Crippen LogP contribution < -0.4 is 4.90 Å². The molecule has 0 aliphatic carbocycles. The quantitative estimate of drug-likeness (QED) is 0.333. The molecular weight excluding hydrogens is 483 g/mol. The molecule has 1 saturated heterocycles. The van der Waals surface area contributed by atoms with E-state index in [4.69, 9.17) is 0 Å². The van der Waals surface area contributed by atoms with Crippen LogP contribution >= 0.6 is 23.1 Å². The number of halogens is 3. The average molecular weight is 506 g/mol. The fourth-order valence-corrected chi connectivity index (χ4v) is 5.37. The number of amides is 1. The number of nitrogens with zero attached hydrogens (tertiary/aromatic N) is 3. The number of hydrogen-bond acceptors (Lipinski definition) is 6. The number of ketones is 1. The lowest BCUT2D eigenvalue weighted by atomic mass is 10.1. The number of carbonyl (C=O) groups excluding carboxylic acids is 2. The molecule has 0 saturated carbocycles. The second-order valence-corrected chi connectivity index (χ2v) is 9.86. The summed E-state index contributed by atoms with van der Waals surface area (Å²) in [5.41, 5.74) is 1.15. The summed E-state index contributed by atoms with van der Waals surface area (Å²) in [4.78, 5) is 33.0. The van der Waals surface area contributed by atoms with Gasteiger partial charge in [-0.2, -0.15) is 13.2 Å². The van der Waals surface area contributed by atoms with Crippen molar-refractivity contribution in [2.24, 2.45) is 0 Å². The number of hydrogen-bond donors (Lipinski definition) is 0. The van der Waals surface area contributed by atoms with E-state index in [0.717, 1.165) is 16.5 Å². The van der Waals surface area contributed by atoms with Crippen LogP contribution in [-0.2, 0) is 17.4 Å². The number of benzene rings is 2. The van der Waals surface area contributed by atoms with E-state index in [1.165, 1.54) is 29.2 Å². The molecule has 0 bridgehead atoms. The summed E-state index contributed by atoms with van der Waals surface area (Å²) in [5, 5.41) is 1.83. The van der Waals surface area contributed by atoms with Gasteiger partial charge in [-0.05, 0) is 18.2 Å². The van der Waals surface area contributed by atoms with E-state index < -0.39 is 11.7 Å². The molecule has 0 radical (unpaired) electrons. The normalized spacial score (nSPS) is 14.3. The second kappa shape index (κ2) is 10.6. The van der Waals surface area contributed by atoms with Crippen LogP contribution in [0.5, 0.6) is 0 Å². The predicted molar refractivity (Wildman–Crippen MR) is 128 cm³/mol. The number of piperazine rings is 1. The molecule has 3 aromatic rings. The average Bonchev–Trinajstić information content (AvgIpc) is 3.30. The Morgan fingerprint density at radius 2 is 1.74 bits per heavy atom. The molecule has 34 heavy (non-hydrogen) atoms. The molecule has 0 unspecified atom stereocenters. The molecule has 2 heterocycles. The van der Waals surface area contributed by atoms with Gasteiger partial charge in [-0.1, -0.05) is 48.2 Å². The Hall–Kier alpha value is -2.85. The zero-order valence-corrected chi connectivity index (χ0v) is 19.8. The SMILES string of the molecule is O=C(CSc1nc(CC(=O)N2CCN(c3cccc(C(F)(F)F)c3)CC2)cs1)c1ccccc1. The minimum absolute atomic E-state index is 0.0251. The number of alkyl halides is 3. The Morgan fingerprint density at radius 1 is 1.00 bits per heavy atom. The van der Waals surface area contributed by atoms with Crippen molar-refractivity contribution in [3.8, 4) is 0 Å². The largest absolute Gasteiger partial charge is 0.416 e. The van der Waals surface area contributed by atoms with Gasteiger partial charge in [-0.3, -0.25) is 9.59 Å². The Kier molecular flexibility index (Phi) is 7.57. The zero-order chi connectivity index (χ0) is 24.1. The lowest BCUT2D eigenvalue weighted by molar-refractivity contribution is -0.137. The minimum atomic E-state index is -4.38. The highest BCUT2D eigenvalue weighted by molar-refractivity contribution is 8.01. The van der Waals surface area contributed by atoms with Crippen molar-refractivity contribution < 1.29 is 22.8 Å². The van der Waals surface area contributed by atoms with Crippen LogP contribution in [0, 0.1) is 0 Å². The van der Waals surface area contributed by atoms with Crippen LogP contribution in [0.25, 0.3) is 0 Å². The van der Waals surface area contributed by atoms with Crippen LogP contribution in [0.2, 0.25) is 0 Å². The Bertz CT molecular complexity index is 1140. The molecule has 1 fully saturated rings. The third-order valence-corrected chi connectivity index (χ3v) is 7.53. The molecule has 0 atom stereocenters. The Morgan fingerprint density at radius 3 is 2.44 bits per heavy atom. The first-order chi connectivity index (χ1) is 16.3. The third-order valence-electron chi connectivity index (χ3n) is 5.46. The number of rotatable bonds is 7. The van der Waals surface area contributed by atoms with Crippen LogP contribution in [0.4, 0.5) is 18.9 Å². The van der Waals surface area contributed by atoms with Crippen molar-refractivity contribution >= 4 is 40.5 Å². The second-order valence-electron chi connectivity index (χ2n) is 7.78. The van der Waals surface area contributed by atoms with Gasteiger partial charge in [0.25, 0.3) is 0 Å². The fraction of sp³-hybridized carbons (Fsp3) is 0.292. The van der Waals surface area contributed by atoms with Crippen molar-refractivity contribution in [2.45, 2.75) is 16.9 Å². The Balaban J connectivity index is 1.26. The lowest BCUT2D eigenvalue weighted by Crippen LogP contribution is -2.49. The molecule has 1 aliphatic heterocycles. The van der Waals surface area contributed by atoms with Crippen LogP contribution in [-0.4, -0.2) is 53.5 Å². The van der Waals surface area contributed by atoms with Gasteiger partial charge < -0.3 is 9.80 Å². The number of thiazole rings is 1. The highest BCUT2D eigenvalue weighted by Gasteiger charge is 2.31. The van der Waals surface area contributed by atoms with Crippen LogP contribution in [0.3, 0.4) is 0 Å². The monoisotopic (exact) mass is 505 g/mol. The number of thioether (sulfide) groups is 1. The van der Waals surface area contributed by atoms with Crippen molar-refractivity contribution in [3.05, 3.63) is 76.8 Å². The number of aromatic nitrogens is 1. The standard InChI is InChI=1S/C24H22F3N3O2S2/c25-24(26,27)18-7-4-8-20(13-18)29-9-11-30(12-10-29)22(32)14-19-15-33-23(28-19)34-16-21(31)17-5-2-1-3-6-17/h1-8,13,15H,9-12,14,16H2. The first-order valence-electron chi connectivity index (χ1n) is 10.6. The lowest BCUT2D eigenvalue weighted by Gasteiger charge is -2.36. The molecule has 2 aromatic carbocycles. The van der Waals surface area contributed by atoms with Crippen molar-refractivity contribution in [3.63, 3.8) is 0 Å². The number of anilines is 1. The summed E-state index contributed by atoms with van der Waals surface area (Å²) in [6, 6.07) is 14.3. The van der Waals surface area contributed by atoms with E-state index in [9.17, 15) is 22.8 Å². The minimum Gasteiger partial charge on any atom is -0.368 e. The molecule has 4 rings (SSSR count). The number of Topliss-reactive ketones (excluding diaryl/α,β-unsaturated/α-hetero) is 1. The van der Waals surface area contributed by atoms with E-state index >= 15 is 0 Å². The predicted octanol–water partition coefficient (Wildman–Crippen LogP) is 5.03. The highest BCUT2D eigenvalue weighted by Crippen LogP contribution is 2.32. The number of carbonyl (C=O) groups is 2. The first kappa shape index (κ1) is 24.3. The van der Waals surface area contributed by atoms with Crippen LogP contribution in [0.15, 0.2) is 64.3 Å². The van der Waals surface area contributed by atoms with Crippen molar-refractivity contribution in [1.29, 1.82) is 0 Å². The molecule has 178 valence electrons. The topological polar surface area (TPSA) is 53.5 Å². The third kappa shape index (κ3) is 6.18. The first-order valence-corrected chi connectivity index (χ1v) is 12.5. The molecular formula is C24H22F3N3O2S2. The van der Waals surface area contributed by atoms with Gasteiger partial charge in [-0.15, -0.1) is 11.3 Å². The zero-order valence-electron chi connectivity index (χ0n) is 18.1. The van der Waals surface area contributed by atoms with Gasteiger partial charge >= 0.3 is 6.18 Å². The summed E-state index contributed by atoms with van der Waals surface area (Å²) in [6.07, 6.45) is -4.22. The highest BCUT2D eigenvalue weighted by atomic mass is 32.2. The van der Waals surface area contributed by atoms with E-state index in [0.29, 0.717) is 43.1 Å². The summed E-state index contributed by atoms with van der Waals surface area (Å²) in [6.45, 7) is 1.80. The smallest absolute Gasteiger partial charge is 0.368 e. The molecule has 1 aliphatic rings. The summed E-state index contributed by atoms with van der Waals surface area (Å²) in [7, 11) is 0. The van der Waals surface area contributed by atoms with Gasteiger partial charge in [0.2, 0.25) is 5.91 Å². The molecule has 1 aromatic heterocycles. The van der Waals surface area contributed by atoms with Gasteiger partial charge in [0.15, 0.2) is 10.1 Å². The van der Waals surface area contributed by atoms with Gasteiger partial charge in [0.05, 0.1) is 23.4 Å². The van der Waals surface area contributed by atoms with Crippen molar-refractivity contribution in [1.82, 2.24) is 9.88 Å².